The standard InChI is InChI=1S/C10H14N4/c1-2-7-14(8-3-4-8)10-12-6-5-9(11)13-10/h2,5-6,8H,1,3-4,7H2,(H2,11,12,13). The second kappa shape index (κ2) is 3.65. The first kappa shape index (κ1) is 8.99. The van der Waals surface area contributed by atoms with Crippen LogP contribution >= 0.6 is 0 Å². The van der Waals surface area contributed by atoms with Gasteiger partial charge in [0.2, 0.25) is 5.95 Å². The van der Waals surface area contributed by atoms with E-state index in [-0.39, 0.29) is 0 Å². The van der Waals surface area contributed by atoms with Crippen molar-refractivity contribution in [2.75, 3.05) is 17.2 Å². The molecule has 4 nitrogen and oxygen atoms in total. The summed E-state index contributed by atoms with van der Waals surface area (Å²) < 4.78 is 0. The van der Waals surface area contributed by atoms with Crippen molar-refractivity contribution in [1.29, 1.82) is 0 Å². The van der Waals surface area contributed by atoms with Gasteiger partial charge in [-0.2, -0.15) is 4.98 Å². The van der Waals surface area contributed by atoms with Crippen molar-refractivity contribution < 1.29 is 0 Å². The first-order chi connectivity index (χ1) is 6.81. The average molecular weight is 190 g/mol. The fourth-order valence-corrected chi connectivity index (χ4v) is 1.42. The fraction of sp³-hybridized carbons (Fsp3) is 0.400. The molecule has 0 unspecified atom stereocenters. The van der Waals surface area contributed by atoms with E-state index in [1.54, 1.807) is 12.3 Å². The Labute approximate surface area is 83.5 Å². The van der Waals surface area contributed by atoms with Crippen molar-refractivity contribution in [3.05, 3.63) is 24.9 Å². The summed E-state index contributed by atoms with van der Waals surface area (Å²) in [6.07, 6.45) is 5.99. The minimum absolute atomic E-state index is 0.518. The van der Waals surface area contributed by atoms with Crippen LogP contribution in [0.4, 0.5) is 11.8 Å². The zero-order valence-corrected chi connectivity index (χ0v) is 8.06. The largest absolute Gasteiger partial charge is 0.384 e. The normalized spacial score (nSPS) is 15.1. The van der Waals surface area contributed by atoms with Gasteiger partial charge in [-0.25, -0.2) is 4.98 Å². The number of nitrogens with zero attached hydrogens (tertiary/aromatic N) is 3. The summed E-state index contributed by atoms with van der Waals surface area (Å²) in [5, 5.41) is 0. The zero-order valence-electron chi connectivity index (χ0n) is 8.06. The molecule has 1 saturated carbocycles. The summed E-state index contributed by atoms with van der Waals surface area (Å²) in [6, 6.07) is 2.28. The third-order valence-corrected chi connectivity index (χ3v) is 2.23. The quantitative estimate of drug-likeness (QED) is 0.725. The van der Waals surface area contributed by atoms with Crippen LogP contribution < -0.4 is 10.6 Å². The molecule has 2 N–H and O–H groups in total. The Kier molecular flexibility index (Phi) is 2.35. The Morgan fingerprint density at radius 2 is 2.43 bits per heavy atom. The van der Waals surface area contributed by atoms with Gasteiger partial charge in [-0.1, -0.05) is 6.08 Å². The molecule has 1 aliphatic rings. The van der Waals surface area contributed by atoms with E-state index in [0.717, 1.165) is 6.54 Å². The maximum absolute atomic E-state index is 5.61. The second-order valence-electron chi connectivity index (χ2n) is 3.45. The number of hydrogen-bond acceptors (Lipinski definition) is 4. The summed E-state index contributed by atoms with van der Waals surface area (Å²) >= 11 is 0. The highest BCUT2D eigenvalue weighted by Gasteiger charge is 2.29. The molecule has 0 atom stereocenters. The third-order valence-electron chi connectivity index (χ3n) is 2.23. The molecule has 0 bridgehead atoms. The van der Waals surface area contributed by atoms with Gasteiger partial charge in [-0.05, 0) is 18.9 Å². The Hall–Kier alpha value is -1.58. The van der Waals surface area contributed by atoms with E-state index in [4.69, 9.17) is 5.73 Å². The van der Waals surface area contributed by atoms with Gasteiger partial charge in [0.1, 0.15) is 5.82 Å². The third kappa shape index (κ3) is 1.84. The maximum atomic E-state index is 5.61. The van der Waals surface area contributed by atoms with Crippen molar-refractivity contribution >= 4 is 11.8 Å². The lowest BCUT2D eigenvalue weighted by Gasteiger charge is -2.20. The van der Waals surface area contributed by atoms with Crippen LogP contribution in [0.15, 0.2) is 24.9 Å². The lowest BCUT2D eigenvalue weighted by Crippen LogP contribution is -2.27. The molecule has 0 amide bonds. The monoisotopic (exact) mass is 190 g/mol. The summed E-state index contributed by atoms with van der Waals surface area (Å²) in [7, 11) is 0. The SMILES string of the molecule is C=CCN(c1nccc(N)n1)C1CC1. The van der Waals surface area contributed by atoms with Crippen molar-refractivity contribution in [3.8, 4) is 0 Å². The van der Waals surface area contributed by atoms with E-state index >= 15 is 0 Å². The van der Waals surface area contributed by atoms with Gasteiger partial charge in [0.15, 0.2) is 0 Å². The minimum Gasteiger partial charge on any atom is -0.384 e. The smallest absolute Gasteiger partial charge is 0.227 e. The molecule has 1 heterocycles. The Morgan fingerprint density at radius 1 is 1.64 bits per heavy atom. The maximum Gasteiger partial charge on any atom is 0.227 e. The first-order valence-corrected chi connectivity index (χ1v) is 4.77. The molecule has 2 rings (SSSR count). The molecule has 74 valence electrons. The molecular formula is C10H14N4. The van der Waals surface area contributed by atoms with E-state index in [9.17, 15) is 0 Å². The number of rotatable bonds is 4. The lowest BCUT2D eigenvalue weighted by molar-refractivity contribution is 0.817. The average Bonchev–Trinajstić information content (AvgIpc) is 2.97. The molecule has 1 aromatic heterocycles. The van der Waals surface area contributed by atoms with E-state index < -0.39 is 0 Å². The fourth-order valence-electron chi connectivity index (χ4n) is 1.42. The van der Waals surface area contributed by atoms with Crippen LogP contribution in [0.25, 0.3) is 0 Å². The molecule has 0 aromatic carbocycles. The summed E-state index contributed by atoms with van der Waals surface area (Å²) in [4.78, 5) is 10.5. The zero-order chi connectivity index (χ0) is 9.97. The highest BCUT2D eigenvalue weighted by molar-refractivity contribution is 5.40. The van der Waals surface area contributed by atoms with Crippen molar-refractivity contribution in [1.82, 2.24) is 9.97 Å². The first-order valence-electron chi connectivity index (χ1n) is 4.77. The predicted octanol–water partition coefficient (Wildman–Crippen LogP) is 1.21. The van der Waals surface area contributed by atoms with Crippen LogP contribution in [0.1, 0.15) is 12.8 Å². The topological polar surface area (TPSA) is 55.0 Å². The lowest BCUT2D eigenvalue weighted by atomic mass is 10.4. The highest BCUT2D eigenvalue weighted by atomic mass is 15.3. The van der Waals surface area contributed by atoms with E-state index in [1.165, 1.54) is 12.8 Å². The van der Waals surface area contributed by atoms with E-state index in [2.05, 4.69) is 21.4 Å². The minimum atomic E-state index is 0.518. The number of nitrogens with two attached hydrogens (primary N) is 1. The molecular weight excluding hydrogens is 176 g/mol. The van der Waals surface area contributed by atoms with Gasteiger partial charge >= 0.3 is 0 Å². The molecule has 0 spiro atoms. The van der Waals surface area contributed by atoms with E-state index in [0.29, 0.717) is 17.8 Å². The van der Waals surface area contributed by atoms with Gasteiger partial charge in [0.05, 0.1) is 0 Å². The van der Waals surface area contributed by atoms with Crippen LogP contribution in [0.5, 0.6) is 0 Å². The highest BCUT2D eigenvalue weighted by Crippen LogP contribution is 2.29. The number of nitrogen functional groups attached to an aromatic ring is 1. The Balaban J connectivity index is 2.20. The summed E-state index contributed by atoms with van der Waals surface area (Å²) in [5.41, 5.74) is 5.61. The van der Waals surface area contributed by atoms with Crippen molar-refractivity contribution in [2.24, 2.45) is 0 Å². The molecule has 4 heteroatoms. The molecule has 0 saturated heterocycles. The van der Waals surface area contributed by atoms with Crippen molar-refractivity contribution in [2.45, 2.75) is 18.9 Å². The van der Waals surface area contributed by atoms with Crippen LogP contribution in [-0.2, 0) is 0 Å². The molecule has 1 fully saturated rings. The van der Waals surface area contributed by atoms with Gasteiger partial charge in [0.25, 0.3) is 0 Å². The molecule has 14 heavy (non-hydrogen) atoms. The van der Waals surface area contributed by atoms with Crippen molar-refractivity contribution in [3.63, 3.8) is 0 Å². The molecule has 1 aromatic rings. The van der Waals surface area contributed by atoms with Crippen LogP contribution in [0.3, 0.4) is 0 Å². The van der Waals surface area contributed by atoms with Crippen LogP contribution in [0, 0.1) is 0 Å². The molecule has 1 aliphatic carbocycles. The molecule has 0 aliphatic heterocycles. The summed E-state index contributed by atoms with van der Waals surface area (Å²) in [6.45, 7) is 4.52. The van der Waals surface area contributed by atoms with Gasteiger partial charge in [0, 0.05) is 18.8 Å². The number of anilines is 2. The van der Waals surface area contributed by atoms with E-state index in [1.807, 2.05) is 6.08 Å². The van der Waals surface area contributed by atoms with Gasteiger partial charge < -0.3 is 10.6 Å². The molecule has 0 radical (unpaired) electrons. The van der Waals surface area contributed by atoms with Crippen LogP contribution in [0.2, 0.25) is 0 Å². The number of aromatic nitrogens is 2. The number of hydrogen-bond donors (Lipinski definition) is 1. The Morgan fingerprint density at radius 3 is 3.00 bits per heavy atom. The second-order valence-corrected chi connectivity index (χ2v) is 3.45. The predicted molar refractivity (Wildman–Crippen MR) is 57.0 cm³/mol. The Bertz CT molecular complexity index is 333. The van der Waals surface area contributed by atoms with Crippen LogP contribution in [-0.4, -0.2) is 22.6 Å². The van der Waals surface area contributed by atoms with Gasteiger partial charge in [-0.15, -0.1) is 6.58 Å². The van der Waals surface area contributed by atoms with Gasteiger partial charge in [-0.3, -0.25) is 0 Å². The summed E-state index contributed by atoms with van der Waals surface area (Å²) in [5.74, 6) is 1.23.